The number of aromatic nitrogens is 2. The van der Waals surface area contributed by atoms with Crippen LogP contribution in [-0.4, -0.2) is 35.2 Å². The van der Waals surface area contributed by atoms with Crippen molar-refractivity contribution in [1.29, 1.82) is 0 Å². The van der Waals surface area contributed by atoms with Crippen molar-refractivity contribution >= 4 is 17.2 Å². The molecule has 1 aromatic carbocycles. The fourth-order valence-corrected chi connectivity index (χ4v) is 3.49. The van der Waals surface area contributed by atoms with Crippen LogP contribution in [0, 0.1) is 0 Å². The van der Waals surface area contributed by atoms with Crippen molar-refractivity contribution in [1.82, 2.24) is 15.3 Å². The van der Waals surface area contributed by atoms with Crippen LogP contribution < -0.4 is 19.7 Å². The number of carbonyl (C=O) groups excluding carboxylic acids is 1. The molecular formula is C19H19N3O5S. The van der Waals surface area contributed by atoms with E-state index in [1.165, 1.54) is 7.11 Å². The number of nitrogens with zero attached hydrogens (tertiary/aromatic N) is 1. The second-order valence-electron chi connectivity index (χ2n) is 5.85. The summed E-state index contributed by atoms with van der Waals surface area (Å²) in [5.74, 6) is 0.426. The predicted octanol–water partition coefficient (Wildman–Crippen LogP) is 2.07. The molecule has 3 rings (SSSR count). The summed E-state index contributed by atoms with van der Waals surface area (Å²) >= 11 is 0.962. The number of methoxy groups -OCH3 is 2. The number of nitrogens with one attached hydrogen (secondary N) is 2. The van der Waals surface area contributed by atoms with Crippen LogP contribution in [0.4, 0.5) is 0 Å². The fourth-order valence-electron chi connectivity index (χ4n) is 2.73. The van der Waals surface area contributed by atoms with E-state index in [1.54, 1.807) is 31.5 Å². The minimum Gasteiger partial charge on any atom is -0.496 e. The Balaban J connectivity index is 1.78. The van der Waals surface area contributed by atoms with Gasteiger partial charge in [-0.1, -0.05) is 17.4 Å². The molecule has 0 bridgehead atoms. The summed E-state index contributed by atoms with van der Waals surface area (Å²) in [4.78, 5) is 30.4. The lowest BCUT2D eigenvalue weighted by Gasteiger charge is -2.12. The Morgan fingerprint density at radius 2 is 2.11 bits per heavy atom. The van der Waals surface area contributed by atoms with Gasteiger partial charge in [0.15, 0.2) is 0 Å². The summed E-state index contributed by atoms with van der Waals surface area (Å²) in [5.41, 5.74) is 1.97. The van der Waals surface area contributed by atoms with E-state index < -0.39 is 0 Å². The van der Waals surface area contributed by atoms with Gasteiger partial charge in [0.1, 0.15) is 11.3 Å². The summed E-state index contributed by atoms with van der Waals surface area (Å²) in [6.45, 7) is 0.225. The molecule has 8 nitrogen and oxygen atoms in total. The van der Waals surface area contributed by atoms with Gasteiger partial charge in [-0.2, -0.15) is 0 Å². The molecule has 0 saturated heterocycles. The van der Waals surface area contributed by atoms with Crippen LogP contribution in [0.3, 0.4) is 0 Å². The van der Waals surface area contributed by atoms with Crippen molar-refractivity contribution in [3.63, 3.8) is 0 Å². The van der Waals surface area contributed by atoms with E-state index in [0.29, 0.717) is 22.6 Å². The van der Waals surface area contributed by atoms with Crippen molar-refractivity contribution in [2.24, 2.45) is 0 Å². The molecule has 0 radical (unpaired) electrons. The van der Waals surface area contributed by atoms with Gasteiger partial charge in [0.05, 0.1) is 19.1 Å². The Hall–Kier alpha value is -3.33. The minimum atomic E-state index is -0.320. The molecule has 2 aromatic heterocycles. The number of carbonyl (C=O) groups is 1. The highest BCUT2D eigenvalue weighted by molar-refractivity contribution is 7.09. The molecule has 146 valence electrons. The summed E-state index contributed by atoms with van der Waals surface area (Å²) in [5, 5.41) is 12.6. The van der Waals surface area contributed by atoms with Gasteiger partial charge in [0, 0.05) is 24.7 Å². The van der Waals surface area contributed by atoms with Gasteiger partial charge in [0.2, 0.25) is 11.8 Å². The second kappa shape index (κ2) is 8.57. The molecule has 3 aromatic rings. The number of thiazole rings is 1. The number of hydrogen-bond donors (Lipinski definition) is 3. The molecule has 0 aliphatic heterocycles. The highest BCUT2D eigenvalue weighted by atomic mass is 32.1. The van der Waals surface area contributed by atoms with Gasteiger partial charge in [-0.25, -0.2) is 4.98 Å². The first-order valence-electron chi connectivity index (χ1n) is 8.35. The van der Waals surface area contributed by atoms with E-state index in [9.17, 15) is 14.7 Å². The first-order chi connectivity index (χ1) is 13.5. The number of H-pyrrole nitrogens is 1. The molecular weight excluding hydrogens is 382 g/mol. The number of aromatic amines is 1. The van der Waals surface area contributed by atoms with E-state index in [2.05, 4.69) is 15.3 Å². The van der Waals surface area contributed by atoms with Crippen LogP contribution in [-0.2, 0) is 13.0 Å². The summed E-state index contributed by atoms with van der Waals surface area (Å²) in [6.07, 6.45) is 1.93. The second-order valence-corrected chi connectivity index (χ2v) is 6.92. The quantitative estimate of drug-likeness (QED) is 0.559. The van der Waals surface area contributed by atoms with Crippen molar-refractivity contribution in [3.05, 3.63) is 67.8 Å². The van der Waals surface area contributed by atoms with Crippen molar-refractivity contribution in [2.45, 2.75) is 13.0 Å². The highest BCUT2D eigenvalue weighted by Gasteiger charge is 2.14. The number of amides is 1. The minimum absolute atomic E-state index is 0.121. The average molecular weight is 401 g/mol. The zero-order valence-corrected chi connectivity index (χ0v) is 16.1. The molecule has 3 N–H and O–H groups in total. The van der Waals surface area contributed by atoms with Gasteiger partial charge in [-0.05, 0) is 29.8 Å². The smallest absolute Gasteiger partial charge is 0.307 e. The lowest BCUT2D eigenvalue weighted by atomic mass is 10.1. The number of rotatable bonds is 7. The Kier molecular flexibility index (Phi) is 5.95. The van der Waals surface area contributed by atoms with Gasteiger partial charge in [0.25, 0.3) is 5.91 Å². The van der Waals surface area contributed by atoms with Gasteiger partial charge >= 0.3 is 4.87 Å². The maximum Gasteiger partial charge on any atom is 0.307 e. The van der Waals surface area contributed by atoms with Crippen molar-refractivity contribution in [3.8, 4) is 17.5 Å². The number of benzene rings is 1. The molecule has 0 unspecified atom stereocenters. The molecule has 2 heterocycles. The molecule has 1 amide bonds. The maximum atomic E-state index is 12.5. The fraction of sp³-hybridized carbons (Fsp3) is 0.211. The van der Waals surface area contributed by atoms with E-state index in [1.807, 2.05) is 12.1 Å². The van der Waals surface area contributed by atoms with E-state index in [4.69, 9.17) is 9.47 Å². The van der Waals surface area contributed by atoms with E-state index in [0.717, 1.165) is 22.5 Å². The molecule has 0 aliphatic carbocycles. The zero-order chi connectivity index (χ0) is 20.1. The van der Waals surface area contributed by atoms with Crippen LogP contribution in [0.2, 0.25) is 0 Å². The molecule has 0 aliphatic rings. The maximum absolute atomic E-state index is 12.5. The first-order valence-corrected chi connectivity index (χ1v) is 9.17. The lowest BCUT2D eigenvalue weighted by molar-refractivity contribution is 0.0947. The lowest BCUT2D eigenvalue weighted by Crippen LogP contribution is -2.24. The number of aromatic hydroxyl groups is 1. The molecule has 0 spiro atoms. The Morgan fingerprint density at radius 1 is 1.29 bits per heavy atom. The Labute approximate surface area is 164 Å². The van der Waals surface area contributed by atoms with Crippen LogP contribution in [0.1, 0.15) is 26.4 Å². The normalized spacial score (nSPS) is 10.5. The van der Waals surface area contributed by atoms with Gasteiger partial charge < -0.3 is 19.9 Å². The summed E-state index contributed by atoms with van der Waals surface area (Å²) in [6, 6.07) is 8.79. The monoisotopic (exact) mass is 401 g/mol. The van der Waals surface area contributed by atoms with Gasteiger partial charge in [-0.3, -0.25) is 14.6 Å². The molecule has 0 saturated carbocycles. The Morgan fingerprint density at radius 3 is 2.79 bits per heavy atom. The standard InChI is InChI=1S/C19H19N3O5S/c1-26-14-6-5-11(9-15-17(24)22-19(25)28-15)8-12(14)10-21-16(23)13-4-3-7-20-18(13)27-2/h3-8,24H,9-10H2,1-2H3,(H,21,23)(H,22,25). The molecule has 0 atom stereocenters. The van der Waals surface area contributed by atoms with Gasteiger partial charge in [-0.15, -0.1) is 0 Å². The molecule has 9 heteroatoms. The number of hydrogen-bond acceptors (Lipinski definition) is 7. The van der Waals surface area contributed by atoms with Crippen molar-refractivity contribution in [2.75, 3.05) is 14.2 Å². The van der Waals surface area contributed by atoms with Crippen LogP contribution in [0.25, 0.3) is 0 Å². The van der Waals surface area contributed by atoms with E-state index >= 15 is 0 Å². The first kappa shape index (κ1) is 19.4. The topological polar surface area (TPSA) is 114 Å². The van der Waals surface area contributed by atoms with Crippen LogP contribution in [0.15, 0.2) is 41.3 Å². The average Bonchev–Trinajstić information content (AvgIpc) is 3.02. The van der Waals surface area contributed by atoms with Crippen LogP contribution >= 0.6 is 11.3 Å². The third-order valence-corrected chi connectivity index (χ3v) is 4.93. The van der Waals surface area contributed by atoms with Crippen LogP contribution in [0.5, 0.6) is 17.5 Å². The largest absolute Gasteiger partial charge is 0.496 e. The van der Waals surface area contributed by atoms with Crippen molar-refractivity contribution < 1.29 is 19.4 Å². The molecule has 0 fully saturated rings. The third kappa shape index (κ3) is 4.32. The Bertz CT molecular complexity index is 1040. The third-order valence-electron chi connectivity index (χ3n) is 4.06. The summed E-state index contributed by atoms with van der Waals surface area (Å²) in [7, 11) is 3.00. The number of ether oxygens (including phenoxy) is 2. The SMILES string of the molecule is COc1ccc(Cc2sc(=O)[nH]c2O)cc1CNC(=O)c1cccnc1OC. The number of pyridine rings is 1. The molecule has 28 heavy (non-hydrogen) atoms. The van der Waals surface area contributed by atoms with E-state index in [-0.39, 0.29) is 29.1 Å². The zero-order valence-electron chi connectivity index (χ0n) is 15.3. The summed E-state index contributed by atoms with van der Waals surface area (Å²) < 4.78 is 10.5. The predicted molar refractivity (Wildman–Crippen MR) is 104 cm³/mol. The highest BCUT2D eigenvalue weighted by Crippen LogP contribution is 2.25.